The van der Waals surface area contributed by atoms with Gasteiger partial charge in [-0.15, -0.1) is 0 Å². The van der Waals surface area contributed by atoms with E-state index in [2.05, 4.69) is 5.32 Å². The van der Waals surface area contributed by atoms with Crippen LogP contribution in [0.3, 0.4) is 0 Å². The van der Waals surface area contributed by atoms with Crippen molar-refractivity contribution in [3.63, 3.8) is 0 Å². The van der Waals surface area contributed by atoms with Crippen molar-refractivity contribution in [1.29, 1.82) is 0 Å². The minimum atomic E-state index is -1.68. The summed E-state index contributed by atoms with van der Waals surface area (Å²) in [5, 5.41) is 24.4. The monoisotopic (exact) mass is 760 g/mol. The van der Waals surface area contributed by atoms with E-state index in [1.165, 1.54) is 85.4 Å². The fraction of sp³-hybridized carbons (Fsp3) is 0.688. The smallest absolute Gasteiger partial charge is 0.338 e. The molecule has 1 aromatic carbocycles. The molecule has 53 heavy (non-hydrogen) atoms. The lowest BCUT2D eigenvalue weighted by Crippen LogP contribution is -2.57. The summed E-state index contributed by atoms with van der Waals surface area (Å²) in [5.74, 6) is -1.71. The Kier molecular flexibility index (Phi) is 18.5. The number of carbonyl (C=O) groups is 4. The van der Waals surface area contributed by atoms with Crippen LogP contribution in [0.25, 0.3) is 0 Å². The van der Waals surface area contributed by atoms with E-state index in [4.69, 9.17) is 42.6 Å². The predicted octanol–water partition coefficient (Wildman–Crippen LogP) is -0.989. The number of methoxy groups -OCH3 is 6. The highest BCUT2D eigenvalue weighted by Crippen LogP contribution is 2.25. The van der Waals surface area contributed by atoms with Crippen LogP contribution in [0.4, 0.5) is 9.59 Å². The van der Waals surface area contributed by atoms with Gasteiger partial charge in [-0.05, 0) is 18.2 Å². The van der Waals surface area contributed by atoms with Crippen LogP contribution in [0.2, 0.25) is 0 Å². The Morgan fingerprint density at radius 3 is 1.70 bits per heavy atom. The maximum absolute atomic E-state index is 13.6. The Balaban J connectivity index is 1.86. The number of esters is 2. The first kappa shape index (κ1) is 43.7. The minimum absolute atomic E-state index is 0.00278. The molecule has 2 heterocycles. The summed E-state index contributed by atoms with van der Waals surface area (Å²) in [5.41, 5.74) is -0.220. The summed E-state index contributed by atoms with van der Waals surface area (Å²) >= 11 is 0. The number of aliphatic hydroxyl groups is 2. The van der Waals surface area contributed by atoms with Crippen molar-refractivity contribution in [2.24, 2.45) is 0 Å². The van der Waals surface area contributed by atoms with Crippen LogP contribution >= 0.6 is 0 Å². The van der Waals surface area contributed by atoms with Gasteiger partial charge in [-0.3, -0.25) is 24.9 Å². The van der Waals surface area contributed by atoms with Crippen molar-refractivity contribution in [2.45, 2.75) is 24.8 Å². The molecule has 0 aromatic heterocycles. The van der Waals surface area contributed by atoms with Crippen LogP contribution in [0.15, 0.2) is 18.2 Å². The number of hydrogen-bond acceptors (Lipinski definition) is 17. The molecule has 0 saturated carbocycles. The maximum atomic E-state index is 13.6. The third-order valence-electron chi connectivity index (χ3n) is 7.89. The molecule has 1 unspecified atom stereocenters. The fourth-order valence-corrected chi connectivity index (χ4v) is 5.59. The molecular weight excluding hydrogens is 708 g/mol. The highest BCUT2D eigenvalue weighted by molar-refractivity contribution is 5.96. The van der Waals surface area contributed by atoms with Crippen LogP contribution in [-0.4, -0.2) is 200 Å². The lowest BCUT2D eigenvalue weighted by Gasteiger charge is -2.39. The molecule has 2 aliphatic heterocycles. The second-order valence-corrected chi connectivity index (χ2v) is 12.0. The number of urea groups is 2. The molecule has 21 heteroatoms. The van der Waals surface area contributed by atoms with Gasteiger partial charge in [-0.2, -0.15) is 0 Å². The Morgan fingerprint density at radius 2 is 1.23 bits per heavy atom. The van der Waals surface area contributed by atoms with Crippen molar-refractivity contribution < 1.29 is 72.0 Å². The molecule has 3 N–H and O–H groups in total. The zero-order valence-electron chi connectivity index (χ0n) is 31.0. The van der Waals surface area contributed by atoms with Gasteiger partial charge < -0.3 is 52.8 Å². The van der Waals surface area contributed by atoms with Gasteiger partial charge in [-0.1, -0.05) is 0 Å². The lowest BCUT2D eigenvalue weighted by atomic mass is 10.0. The topological polar surface area (TPSA) is 220 Å². The Labute approximate surface area is 308 Å². The van der Waals surface area contributed by atoms with Gasteiger partial charge in [0.2, 0.25) is 0 Å². The van der Waals surface area contributed by atoms with Crippen LogP contribution in [-0.2, 0) is 42.6 Å². The average molecular weight is 761 g/mol. The standard InChI is InChI=1S/C32H52N6O15/c1-45-16-33-30(42)34(17-46-2)7-8-51-27(39)22-9-23(28(40)52-25-12-35(18-47-3)31(43)36(13-25)19-48-4)11-24(10-22)29(41)53-26-14-37(20-49-5)32(44)38(15-26)21-50-6/h9-11,25-26,28,30,33,40,42H,7-8,12-21H2,1-6H3/t28?,30-/m0/s1. The van der Waals surface area contributed by atoms with Gasteiger partial charge in [0.1, 0.15) is 46.4 Å². The van der Waals surface area contributed by atoms with Crippen LogP contribution in [0.5, 0.6) is 0 Å². The molecule has 3 rings (SSSR count). The zero-order valence-corrected chi connectivity index (χ0v) is 31.0. The van der Waals surface area contributed by atoms with Crippen molar-refractivity contribution >= 4 is 24.0 Å². The molecule has 2 aliphatic rings. The molecular formula is C32H52N6O15. The van der Waals surface area contributed by atoms with Gasteiger partial charge in [0.05, 0.1) is 50.1 Å². The third kappa shape index (κ3) is 13.0. The van der Waals surface area contributed by atoms with Crippen molar-refractivity contribution in [1.82, 2.24) is 29.8 Å². The number of rotatable bonds is 23. The van der Waals surface area contributed by atoms with E-state index in [0.29, 0.717) is 0 Å². The largest absolute Gasteiger partial charge is 0.461 e. The number of amides is 4. The number of nitrogens with one attached hydrogen (secondary N) is 1. The van der Waals surface area contributed by atoms with E-state index in [9.17, 15) is 29.4 Å². The molecule has 4 amide bonds. The molecule has 1 aromatic rings. The molecule has 0 bridgehead atoms. The summed E-state index contributed by atoms with van der Waals surface area (Å²) in [6, 6.07) is 3.15. The van der Waals surface area contributed by atoms with Gasteiger partial charge >= 0.3 is 24.0 Å². The maximum Gasteiger partial charge on any atom is 0.338 e. The Morgan fingerprint density at radius 1 is 0.736 bits per heavy atom. The summed E-state index contributed by atoms with van der Waals surface area (Å²) in [6.45, 7) is -0.0976. The first-order chi connectivity index (χ1) is 25.5. The van der Waals surface area contributed by atoms with E-state index in [1.807, 2.05) is 0 Å². The summed E-state index contributed by atoms with van der Waals surface area (Å²) < 4.78 is 47.8. The number of ether oxygens (including phenoxy) is 9. The van der Waals surface area contributed by atoms with Gasteiger partial charge in [-0.25, -0.2) is 24.1 Å². The molecule has 21 nitrogen and oxygen atoms in total. The summed E-state index contributed by atoms with van der Waals surface area (Å²) in [7, 11) is 8.61. The molecule has 300 valence electrons. The average Bonchev–Trinajstić information content (AvgIpc) is 3.14. The first-order valence-electron chi connectivity index (χ1n) is 16.5. The molecule has 0 aliphatic carbocycles. The lowest BCUT2D eigenvalue weighted by molar-refractivity contribution is -0.161. The van der Waals surface area contributed by atoms with Crippen molar-refractivity contribution in [2.75, 3.05) is 122 Å². The predicted molar refractivity (Wildman–Crippen MR) is 180 cm³/mol. The number of nitrogens with zero attached hydrogens (tertiary/aromatic N) is 5. The second-order valence-electron chi connectivity index (χ2n) is 12.0. The van der Waals surface area contributed by atoms with Crippen molar-refractivity contribution in [3.8, 4) is 0 Å². The van der Waals surface area contributed by atoms with Gasteiger partial charge in [0, 0.05) is 54.8 Å². The molecule has 0 radical (unpaired) electrons. The highest BCUT2D eigenvalue weighted by Gasteiger charge is 2.36. The van der Waals surface area contributed by atoms with Crippen LogP contribution < -0.4 is 5.32 Å². The molecule has 0 spiro atoms. The van der Waals surface area contributed by atoms with Gasteiger partial charge in [0.25, 0.3) is 0 Å². The normalized spacial score (nSPS) is 17.2. The quantitative estimate of drug-likeness (QED) is 0.0901. The Hall–Kier alpha value is -3.74. The molecule has 2 saturated heterocycles. The van der Waals surface area contributed by atoms with E-state index >= 15 is 0 Å². The van der Waals surface area contributed by atoms with Crippen LogP contribution in [0, 0.1) is 0 Å². The SMILES string of the molecule is COCN[C@H](O)N(CCOC(=O)c1cc(C(=O)OC2CN(COC)C(=O)N(COC)C2)cc(C(O)OC2CN(COC)C(=O)N(COC)C2)c1)COC. The van der Waals surface area contributed by atoms with E-state index in [-0.39, 0.29) is 108 Å². The molecule has 2 fully saturated rings. The number of aliphatic hydroxyl groups excluding tert-OH is 2. The minimum Gasteiger partial charge on any atom is -0.461 e. The van der Waals surface area contributed by atoms with E-state index < -0.39 is 36.8 Å². The zero-order chi connectivity index (χ0) is 38.9. The van der Waals surface area contributed by atoms with Gasteiger partial charge in [0.15, 0.2) is 12.6 Å². The van der Waals surface area contributed by atoms with Crippen LogP contribution in [0.1, 0.15) is 32.6 Å². The number of hydrogen-bond donors (Lipinski definition) is 3. The second kappa shape index (κ2) is 22.5. The first-order valence-corrected chi connectivity index (χ1v) is 16.5. The third-order valence-corrected chi connectivity index (χ3v) is 7.89. The van der Waals surface area contributed by atoms with E-state index in [1.54, 1.807) is 0 Å². The van der Waals surface area contributed by atoms with E-state index in [0.717, 1.165) is 0 Å². The number of carbonyl (C=O) groups excluding carboxylic acids is 4. The highest BCUT2D eigenvalue weighted by atomic mass is 16.6. The fourth-order valence-electron chi connectivity index (χ4n) is 5.59. The Bertz CT molecular complexity index is 1290. The van der Waals surface area contributed by atoms with Crippen molar-refractivity contribution in [3.05, 3.63) is 34.9 Å². The molecule has 2 atom stereocenters. The summed E-state index contributed by atoms with van der Waals surface area (Å²) in [4.78, 5) is 59.5. The number of benzene rings is 1. The summed E-state index contributed by atoms with van der Waals surface area (Å²) in [6.07, 6.45) is -4.40.